The molecule has 3 heteroatoms. The van der Waals surface area contributed by atoms with Crippen molar-refractivity contribution in [3.05, 3.63) is 28.8 Å². The van der Waals surface area contributed by atoms with Crippen LogP contribution in [0, 0.1) is 0 Å². The smallest absolute Gasteiger partial charge is 0.122 e. The Kier molecular flexibility index (Phi) is 5.89. The lowest BCUT2D eigenvalue weighted by Gasteiger charge is -2.10. The molecule has 84 valence electrons. The van der Waals surface area contributed by atoms with Crippen molar-refractivity contribution >= 4 is 23.2 Å². The Labute approximate surface area is 101 Å². The zero-order chi connectivity index (χ0) is 11.1. The third kappa shape index (κ3) is 4.31. The van der Waals surface area contributed by atoms with Crippen molar-refractivity contribution in [2.75, 3.05) is 12.5 Å². The van der Waals surface area contributed by atoms with Crippen molar-refractivity contribution < 1.29 is 4.74 Å². The third-order valence-electron chi connectivity index (χ3n) is 2.06. The first-order chi connectivity index (χ1) is 7.27. The molecule has 0 bridgehead atoms. The van der Waals surface area contributed by atoms with Crippen LogP contribution >= 0.6 is 23.2 Å². The van der Waals surface area contributed by atoms with Gasteiger partial charge in [-0.2, -0.15) is 0 Å². The maximum absolute atomic E-state index is 5.94. The van der Waals surface area contributed by atoms with E-state index in [0.717, 1.165) is 42.2 Å². The Bertz CT molecular complexity index is 300. The van der Waals surface area contributed by atoms with Crippen LogP contribution in [0.25, 0.3) is 0 Å². The summed E-state index contributed by atoms with van der Waals surface area (Å²) in [5.74, 6) is 1.60. The molecule has 0 fully saturated rings. The summed E-state index contributed by atoms with van der Waals surface area (Å²) in [4.78, 5) is 0. The fourth-order valence-electron chi connectivity index (χ4n) is 1.35. The van der Waals surface area contributed by atoms with Crippen molar-refractivity contribution in [3.63, 3.8) is 0 Å². The van der Waals surface area contributed by atoms with E-state index in [1.807, 2.05) is 18.2 Å². The van der Waals surface area contributed by atoms with Gasteiger partial charge in [0.15, 0.2) is 0 Å². The molecule has 0 aliphatic heterocycles. The summed E-state index contributed by atoms with van der Waals surface area (Å²) in [6, 6.07) is 5.75. The second-order valence-corrected chi connectivity index (χ2v) is 4.21. The summed E-state index contributed by atoms with van der Waals surface area (Å²) in [5.41, 5.74) is 1.15. The van der Waals surface area contributed by atoms with Gasteiger partial charge in [0.05, 0.1) is 6.61 Å². The highest BCUT2D eigenvalue weighted by atomic mass is 35.5. The molecule has 0 saturated heterocycles. The van der Waals surface area contributed by atoms with Gasteiger partial charge >= 0.3 is 0 Å². The first-order valence-electron chi connectivity index (χ1n) is 5.25. The number of hydrogen-bond acceptors (Lipinski definition) is 1. The van der Waals surface area contributed by atoms with Gasteiger partial charge in [0.1, 0.15) is 5.75 Å². The van der Waals surface area contributed by atoms with E-state index < -0.39 is 0 Å². The SMILES string of the molecule is CCCOc1ccc(Cl)cc1CCCCl. The average molecular weight is 247 g/mol. The summed E-state index contributed by atoms with van der Waals surface area (Å²) in [5, 5.41) is 0.753. The maximum Gasteiger partial charge on any atom is 0.122 e. The Morgan fingerprint density at radius 1 is 1.33 bits per heavy atom. The minimum absolute atomic E-state index is 0.666. The quantitative estimate of drug-likeness (QED) is 0.681. The lowest BCUT2D eigenvalue weighted by molar-refractivity contribution is 0.314. The van der Waals surface area contributed by atoms with Gasteiger partial charge in [-0.1, -0.05) is 18.5 Å². The largest absolute Gasteiger partial charge is 0.493 e. The summed E-state index contributed by atoms with van der Waals surface area (Å²) >= 11 is 11.6. The van der Waals surface area contributed by atoms with Crippen molar-refractivity contribution in [1.29, 1.82) is 0 Å². The topological polar surface area (TPSA) is 9.23 Å². The van der Waals surface area contributed by atoms with Crippen LogP contribution in [-0.2, 0) is 6.42 Å². The van der Waals surface area contributed by atoms with Crippen LogP contribution in [-0.4, -0.2) is 12.5 Å². The van der Waals surface area contributed by atoms with Gasteiger partial charge in [-0.05, 0) is 43.0 Å². The van der Waals surface area contributed by atoms with Crippen molar-refractivity contribution in [2.24, 2.45) is 0 Å². The number of rotatable bonds is 6. The number of ether oxygens (including phenoxy) is 1. The standard InChI is InChI=1S/C12H16Cl2O/c1-2-8-15-12-6-5-11(14)9-10(12)4-3-7-13/h5-6,9H,2-4,7-8H2,1H3. The van der Waals surface area contributed by atoms with E-state index in [2.05, 4.69) is 6.92 Å². The number of hydrogen-bond donors (Lipinski definition) is 0. The van der Waals surface area contributed by atoms with Gasteiger partial charge in [0.2, 0.25) is 0 Å². The maximum atomic E-state index is 5.94. The van der Waals surface area contributed by atoms with Crippen LogP contribution in [0.3, 0.4) is 0 Å². The van der Waals surface area contributed by atoms with Crippen LogP contribution in [0.1, 0.15) is 25.3 Å². The fraction of sp³-hybridized carbons (Fsp3) is 0.500. The molecule has 0 radical (unpaired) electrons. The molecule has 0 amide bonds. The van der Waals surface area contributed by atoms with Crippen molar-refractivity contribution in [3.8, 4) is 5.75 Å². The molecule has 0 N–H and O–H groups in total. The van der Waals surface area contributed by atoms with Gasteiger partial charge in [-0.15, -0.1) is 11.6 Å². The average Bonchev–Trinajstić information content (AvgIpc) is 2.25. The summed E-state index contributed by atoms with van der Waals surface area (Å²) in [6.07, 6.45) is 2.88. The number of halogens is 2. The molecule has 0 heterocycles. The van der Waals surface area contributed by atoms with Gasteiger partial charge in [-0.3, -0.25) is 0 Å². The summed E-state index contributed by atoms with van der Waals surface area (Å²) < 4.78 is 5.64. The third-order valence-corrected chi connectivity index (χ3v) is 2.57. The van der Waals surface area contributed by atoms with Crippen LogP contribution in [0.15, 0.2) is 18.2 Å². The molecule has 1 nitrogen and oxygen atoms in total. The zero-order valence-electron chi connectivity index (χ0n) is 8.93. The van der Waals surface area contributed by atoms with Crippen molar-refractivity contribution in [1.82, 2.24) is 0 Å². The molecule has 1 aromatic rings. The van der Waals surface area contributed by atoms with E-state index in [1.165, 1.54) is 0 Å². The molecule has 0 atom stereocenters. The molecule has 0 aliphatic carbocycles. The lowest BCUT2D eigenvalue weighted by Crippen LogP contribution is -1.99. The number of benzene rings is 1. The van der Waals surface area contributed by atoms with E-state index in [0.29, 0.717) is 5.88 Å². The summed E-state index contributed by atoms with van der Waals surface area (Å²) in [7, 11) is 0. The second-order valence-electron chi connectivity index (χ2n) is 3.39. The molecule has 1 rings (SSSR count). The lowest BCUT2D eigenvalue weighted by atomic mass is 10.1. The van der Waals surface area contributed by atoms with Crippen LogP contribution in [0.5, 0.6) is 5.75 Å². The molecule has 15 heavy (non-hydrogen) atoms. The highest BCUT2D eigenvalue weighted by Gasteiger charge is 2.04. The van der Waals surface area contributed by atoms with E-state index in [9.17, 15) is 0 Å². The first-order valence-corrected chi connectivity index (χ1v) is 6.16. The zero-order valence-corrected chi connectivity index (χ0v) is 10.4. The number of aryl methyl sites for hydroxylation is 1. The normalized spacial score (nSPS) is 10.3. The van der Waals surface area contributed by atoms with Gasteiger partial charge < -0.3 is 4.74 Å². The van der Waals surface area contributed by atoms with Gasteiger partial charge in [0.25, 0.3) is 0 Å². The Hall–Kier alpha value is -0.400. The molecule has 0 spiro atoms. The van der Waals surface area contributed by atoms with E-state index in [1.54, 1.807) is 0 Å². The minimum Gasteiger partial charge on any atom is -0.493 e. The Morgan fingerprint density at radius 2 is 2.13 bits per heavy atom. The van der Waals surface area contributed by atoms with Crippen LogP contribution < -0.4 is 4.74 Å². The van der Waals surface area contributed by atoms with Crippen LogP contribution in [0.2, 0.25) is 5.02 Å². The van der Waals surface area contributed by atoms with E-state index in [4.69, 9.17) is 27.9 Å². The molecular weight excluding hydrogens is 231 g/mol. The highest BCUT2D eigenvalue weighted by Crippen LogP contribution is 2.24. The molecule has 0 aliphatic rings. The molecule has 1 aromatic carbocycles. The Balaban J connectivity index is 2.73. The van der Waals surface area contributed by atoms with E-state index >= 15 is 0 Å². The molecular formula is C12H16Cl2O. The molecule has 0 saturated carbocycles. The first kappa shape index (κ1) is 12.7. The predicted octanol–water partition coefficient (Wildman–Crippen LogP) is 4.30. The summed E-state index contributed by atoms with van der Waals surface area (Å²) in [6.45, 7) is 2.84. The monoisotopic (exact) mass is 246 g/mol. The Morgan fingerprint density at radius 3 is 2.80 bits per heavy atom. The van der Waals surface area contributed by atoms with Crippen molar-refractivity contribution in [2.45, 2.75) is 26.2 Å². The fourth-order valence-corrected chi connectivity index (χ4v) is 1.68. The van der Waals surface area contributed by atoms with Gasteiger partial charge in [-0.25, -0.2) is 0 Å². The van der Waals surface area contributed by atoms with Crippen LogP contribution in [0.4, 0.5) is 0 Å². The highest BCUT2D eigenvalue weighted by molar-refractivity contribution is 6.30. The van der Waals surface area contributed by atoms with E-state index in [-0.39, 0.29) is 0 Å². The second kappa shape index (κ2) is 6.97. The molecule has 0 aromatic heterocycles. The molecule has 0 unspecified atom stereocenters. The van der Waals surface area contributed by atoms with Gasteiger partial charge in [0, 0.05) is 10.9 Å². The minimum atomic E-state index is 0.666. The predicted molar refractivity (Wildman–Crippen MR) is 66.3 cm³/mol. The number of alkyl halides is 1.